The highest BCUT2D eigenvalue weighted by molar-refractivity contribution is 9.10. The fraction of sp³-hybridized carbons (Fsp3) is 0.478. The van der Waals surface area contributed by atoms with Crippen LogP contribution in [-0.4, -0.2) is 128 Å². The minimum absolute atomic E-state index is 0.0589. The normalized spacial score (nSPS) is 15.3. The molecule has 0 aromatic carbocycles. The van der Waals surface area contributed by atoms with Gasteiger partial charge in [0.25, 0.3) is 10.4 Å². The van der Waals surface area contributed by atoms with Gasteiger partial charge in [0, 0.05) is 73.8 Å². The summed E-state index contributed by atoms with van der Waals surface area (Å²) >= 11 is 9.28. The number of anilines is 2. The molecule has 2 aliphatic rings. The van der Waals surface area contributed by atoms with Gasteiger partial charge in [-0.15, -0.1) is 0 Å². The lowest BCUT2D eigenvalue weighted by Crippen LogP contribution is -2.38. The van der Waals surface area contributed by atoms with Crippen molar-refractivity contribution in [2.45, 2.75) is 102 Å². The Balaban J connectivity index is 0.000000162. The maximum atomic E-state index is 8.66. The maximum absolute atomic E-state index is 8.66. The van der Waals surface area contributed by atoms with Gasteiger partial charge in [-0.3, -0.25) is 0 Å². The molecule has 8 aromatic rings. The van der Waals surface area contributed by atoms with E-state index < -0.39 is 7.12 Å². The van der Waals surface area contributed by atoms with Crippen LogP contribution in [0.2, 0.25) is 0 Å². The predicted molar refractivity (Wildman–Crippen MR) is 286 cm³/mol. The molecule has 380 valence electrons. The number of hydrogen-bond donors (Lipinski definition) is 2. The minimum Gasteiger partial charge on any atom is -0.467 e. The molecule has 0 saturated carbocycles. The van der Waals surface area contributed by atoms with Crippen LogP contribution in [0.5, 0.6) is 10.4 Å². The molecular formula is C46H56BBrN14O6S4. The van der Waals surface area contributed by atoms with Gasteiger partial charge in [-0.1, -0.05) is 84.2 Å². The van der Waals surface area contributed by atoms with Crippen LogP contribution < -0.4 is 24.7 Å². The van der Waals surface area contributed by atoms with Crippen molar-refractivity contribution in [2.24, 2.45) is 11.8 Å². The summed E-state index contributed by atoms with van der Waals surface area (Å²) in [5.74, 6) is 2.96. The fourth-order valence-corrected chi connectivity index (χ4v) is 10.6. The molecule has 2 N–H and O–H groups in total. The third-order valence-corrected chi connectivity index (χ3v) is 15.4. The van der Waals surface area contributed by atoms with Crippen LogP contribution in [0, 0.1) is 11.8 Å². The summed E-state index contributed by atoms with van der Waals surface area (Å²) in [5, 5.41) is 28.2. The number of nitrogens with zero attached hydrogens (tertiary/aromatic N) is 14. The number of hydrogen-bond acceptors (Lipinski definition) is 24. The molecule has 0 bridgehead atoms. The maximum Gasteiger partial charge on any atom is 0.491 e. The van der Waals surface area contributed by atoms with Gasteiger partial charge in [0.15, 0.2) is 22.0 Å². The lowest BCUT2D eigenvalue weighted by Gasteiger charge is -2.33. The molecule has 2 saturated heterocycles. The van der Waals surface area contributed by atoms with Crippen molar-refractivity contribution in [2.75, 3.05) is 48.5 Å². The highest BCUT2D eigenvalue weighted by atomic mass is 79.9. The summed E-state index contributed by atoms with van der Waals surface area (Å²) in [6.07, 6.45) is 14.4. The van der Waals surface area contributed by atoms with Crippen LogP contribution >= 0.6 is 62.1 Å². The molecule has 2 aliphatic heterocycles. The molecule has 10 rings (SSSR count). The van der Waals surface area contributed by atoms with Crippen LogP contribution in [0.25, 0.3) is 32.0 Å². The van der Waals surface area contributed by atoms with Gasteiger partial charge < -0.3 is 38.4 Å². The summed E-state index contributed by atoms with van der Waals surface area (Å²) in [6.45, 7) is 16.1. The average molecular weight is 1120 g/mol. The first-order valence-electron chi connectivity index (χ1n) is 23.5. The first-order valence-corrected chi connectivity index (χ1v) is 28.4. The Morgan fingerprint density at radius 1 is 0.625 bits per heavy atom. The smallest absolute Gasteiger partial charge is 0.467 e. The molecule has 10 heterocycles. The van der Waals surface area contributed by atoms with Crippen LogP contribution in [0.1, 0.15) is 90.7 Å². The van der Waals surface area contributed by atoms with Crippen molar-refractivity contribution in [3.8, 4) is 21.6 Å². The first kappa shape index (κ1) is 53.2. The van der Waals surface area contributed by atoms with E-state index >= 15 is 0 Å². The number of piperidine rings is 2. The number of ether oxygens (including phenoxy) is 2. The van der Waals surface area contributed by atoms with E-state index in [4.69, 9.17) is 33.6 Å². The summed E-state index contributed by atoms with van der Waals surface area (Å²) in [5.41, 5.74) is 3.74. The lowest BCUT2D eigenvalue weighted by molar-refractivity contribution is 0.131. The first-order chi connectivity index (χ1) is 34.7. The van der Waals surface area contributed by atoms with Gasteiger partial charge in [0.05, 0.1) is 5.69 Å². The highest BCUT2D eigenvalue weighted by Gasteiger charge is 2.30. The second-order valence-electron chi connectivity index (χ2n) is 17.7. The van der Waals surface area contributed by atoms with E-state index in [1.165, 1.54) is 58.6 Å². The second-order valence-corrected chi connectivity index (χ2v) is 22.0. The molecule has 26 heteroatoms. The summed E-state index contributed by atoms with van der Waals surface area (Å²) in [7, 11) is -1.48. The van der Waals surface area contributed by atoms with Crippen molar-refractivity contribution < 1.29 is 28.6 Å². The zero-order chi connectivity index (χ0) is 50.9. The molecule has 20 nitrogen and oxygen atoms in total. The van der Waals surface area contributed by atoms with Gasteiger partial charge in [0.2, 0.25) is 0 Å². The summed E-state index contributed by atoms with van der Waals surface area (Å²) in [6, 6.07) is 9.03. The van der Waals surface area contributed by atoms with Gasteiger partial charge in [-0.25, -0.2) is 39.9 Å². The van der Waals surface area contributed by atoms with Gasteiger partial charge in [-0.05, 0) is 104 Å². The van der Waals surface area contributed by atoms with Crippen LogP contribution in [0.4, 0.5) is 12.0 Å². The van der Waals surface area contributed by atoms with Crippen molar-refractivity contribution in [1.29, 1.82) is 0 Å². The number of fused-ring (bicyclic) bond motifs is 2. The molecule has 0 unspecified atom stereocenters. The van der Waals surface area contributed by atoms with Crippen LogP contribution in [0.3, 0.4) is 0 Å². The Bertz CT molecular complexity index is 2970. The Hall–Kier alpha value is -5.12. The number of pyridine rings is 2. The van der Waals surface area contributed by atoms with Crippen LogP contribution in [0.15, 0.2) is 73.0 Å². The molecule has 72 heavy (non-hydrogen) atoms. The summed E-state index contributed by atoms with van der Waals surface area (Å²) in [4.78, 5) is 49.9. The van der Waals surface area contributed by atoms with E-state index in [9.17, 15) is 0 Å². The SMILES string of the molecule is CC(C)c1noc(N2CCC([C@H](C)Oc3nc4ccc(Br)nc4s3)CC2)n1.CSc1ncc(-c2ccc3nc(O[C@@H](C)C4CCN(c5nc(C(C)C)no5)CC4)sc3n2)cn1.CSc1ncc(B(O)O)cn1. The zero-order valence-electron chi connectivity index (χ0n) is 41.1. The Labute approximate surface area is 442 Å². The largest absolute Gasteiger partial charge is 0.491 e. The quantitative estimate of drug-likeness (QED) is 0.0448. The van der Waals surface area contributed by atoms with Gasteiger partial charge >= 0.3 is 19.1 Å². The molecule has 0 radical (unpaired) electrons. The average Bonchev–Trinajstić information content (AvgIpc) is 4.24. The van der Waals surface area contributed by atoms with E-state index in [0.717, 1.165) is 105 Å². The second kappa shape index (κ2) is 24.7. The number of rotatable bonds is 14. The van der Waals surface area contributed by atoms with E-state index in [1.807, 2.05) is 36.8 Å². The molecule has 8 aromatic heterocycles. The van der Waals surface area contributed by atoms with Gasteiger partial charge in [-0.2, -0.15) is 9.97 Å². The molecular weight excluding hydrogens is 1060 g/mol. The van der Waals surface area contributed by atoms with Crippen molar-refractivity contribution in [1.82, 2.24) is 60.2 Å². The minimum atomic E-state index is -1.48. The zero-order valence-corrected chi connectivity index (χ0v) is 46.0. The third kappa shape index (κ3) is 13.7. The lowest BCUT2D eigenvalue weighted by atomic mass is 9.83. The number of thioether (sulfide) groups is 2. The fourth-order valence-electron chi connectivity index (χ4n) is 7.76. The van der Waals surface area contributed by atoms with E-state index in [2.05, 4.69) is 122 Å². The topological polar surface area (TPSA) is 246 Å². The predicted octanol–water partition coefficient (Wildman–Crippen LogP) is 8.58. The summed E-state index contributed by atoms with van der Waals surface area (Å²) < 4.78 is 24.1. The van der Waals surface area contributed by atoms with Crippen molar-refractivity contribution in [3.63, 3.8) is 0 Å². The van der Waals surface area contributed by atoms with Crippen LogP contribution in [-0.2, 0) is 0 Å². The van der Waals surface area contributed by atoms with Crippen molar-refractivity contribution >= 4 is 107 Å². The molecule has 2 atom stereocenters. The Kier molecular flexibility index (Phi) is 18.3. The Morgan fingerprint density at radius 3 is 1.50 bits per heavy atom. The third-order valence-electron chi connectivity index (χ3n) is 12.1. The monoisotopic (exact) mass is 1120 g/mol. The van der Waals surface area contributed by atoms with Crippen molar-refractivity contribution in [3.05, 3.63) is 65.3 Å². The number of halogens is 1. The van der Waals surface area contributed by atoms with Gasteiger partial charge in [0.1, 0.15) is 37.5 Å². The highest BCUT2D eigenvalue weighted by Crippen LogP contribution is 2.34. The number of aromatic nitrogens is 12. The number of thiazole rings is 2. The molecule has 2 fully saturated rings. The van der Waals surface area contributed by atoms with E-state index in [1.54, 1.807) is 12.4 Å². The van der Waals surface area contributed by atoms with E-state index in [-0.39, 0.29) is 24.0 Å². The standard InChI is InChI=1S/C23H27N7O2S2.C18H22BrN5O2S.C5H7BN2O2S/c1-13(2)19-28-22(32-29-19)30-9-7-15(8-10-30)14(3)31-23-27-18-6-5-17(26-20(18)34-23)16-11-24-21(33-4)25-12-16;1-10(2)15-22-17(26-23-15)24-8-6-12(7-9-24)11(3)25-18-20-13-4-5-14(19)21-16(13)27-18;1-11-5-7-2-4(3-8-5)6(9)10/h5-6,11-15H,7-10H2,1-4H3;4-5,10-12H,6-9H2,1-3H3;2-3,9-10H,1H3/t14-;11-;/m00./s1. The molecule has 0 amide bonds. The molecule has 0 aliphatic carbocycles. The Morgan fingerprint density at radius 2 is 1.07 bits per heavy atom. The van der Waals surface area contributed by atoms with E-state index in [0.29, 0.717) is 44.9 Å². The molecule has 0 spiro atoms.